The lowest BCUT2D eigenvalue weighted by atomic mass is 9.83. The molecule has 0 unspecified atom stereocenters. The van der Waals surface area contributed by atoms with Gasteiger partial charge in [0.25, 0.3) is 0 Å². The largest absolute Gasteiger partial charge is 0.456 e. The summed E-state index contributed by atoms with van der Waals surface area (Å²) in [5, 5.41) is 3.34. The van der Waals surface area contributed by atoms with E-state index in [1.807, 2.05) is 45.9 Å². The zero-order valence-electron chi connectivity index (χ0n) is 17.2. The van der Waals surface area contributed by atoms with Crippen LogP contribution >= 0.6 is 0 Å². The lowest BCUT2D eigenvalue weighted by Gasteiger charge is -2.36. The molecule has 2 aromatic carbocycles. The monoisotopic (exact) mass is 379 g/mol. The summed E-state index contributed by atoms with van der Waals surface area (Å²) in [6.07, 6.45) is 1.95. The molecule has 3 rings (SSSR count). The first-order valence-corrected chi connectivity index (χ1v) is 9.94. The van der Waals surface area contributed by atoms with Gasteiger partial charge in [0.1, 0.15) is 5.60 Å². The molecule has 1 aliphatic heterocycles. The van der Waals surface area contributed by atoms with Crippen LogP contribution in [0.5, 0.6) is 0 Å². The number of hydrogen-bond acceptors (Lipinski definition) is 4. The quantitative estimate of drug-likeness (QED) is 0.615. The summed E-state index contributed by atoms with van der Waals surface area (Å²) in [5.41, 5.74) is 2.91. The van der Waals surface area contributed by atoms with Gasteiger partial charge in [0, 0.05) is 17.0 Å². The molecule has 1 heterocycles. The third-order valence-electron chi connectivity index (χ3n) is 5.84. The number of ether oxygens (including phenoxy) is 1. The second-order valence-corrected chi connectivity index (χ2v) is 8.19. The van der Waals surface area contributed by atoms with Crippen molar-refractivity contribution in [2.75, 3.05) is 13.1 Å². The number of ketones is 1. The molecule has 1 fully saturated rings. The number of rotatable bonds is 5. The van der Waals surface area contributed by atoms with E-state index < -0.39 is 11.6 Å². The fraction of sp³-hybridized carbons (Fsp3) is 0.417. The van der Waals surface area contributed by atoms with Gasteiger partial charge >= 0.3 is 5.97 Å². The number of aryl methyl sites for hydroxylation is 2. The summed E-state index contributed by atoms with van der Waals surface area (Å²) in [6.45, 7) is 9.80. The maximum absolute atomic E-state index is 13.1. The lowest BCUT2D eigenvalue weighted by Crippen LogP contribution is -2.43. The molecule has 2 aromatic rings. The third kappa shape index (κ3) is 4.33. The molecule has 1 saturated heterocycles. The first kappa shape index (κ1) is 20.3. The van der Waals surface area contributed by atoms with Crippen LogP contribution in [0.3, 0.4) is 0 Å². The predicted octanol–water partition coefficient (Wildman–Crippen LogP) is 4.47. The molecule has 148 valence electrons. The van der Waals surface area contributed by atoms with Gasteiger partial charge in [-0.25, -0.2) is 4.79 Å². The van der Waals surface area contributed by atoms with Crippen LogP contribution in [-0.4, -0.2) is 30.4 Å². The van der Waals surface area contributed by atoms with Gasteiger partial charge in [-0.3, -0.25) is 4.79 Å². The topological polar surface area (TPSA) is 55.4 Å². The fourth-order valence-corrected chi connectivity index (χ4v) is 3.79. The van der Waals surface area contributed by atoms with Crippen LogP contribution in [-0.2, 0) is 4.74 Å². The highest BCUT2D eigenvalue weighted by Crippen LogP contribution is 2.30. The zero-order valence-corrected chi connectivity index (χ0v) is 17.2. The summed E-state index contributed by atoms with van der Waals surface area (Å²) in [7, 11) is 0. The van der Waals surface area contributed by atoms with Gasteiger partial charge in [-0.1, -0.05) is 30.3 Å². The van der Waals surface area contributed by atoms with Crippen molar-refractivity contribution < 1.29 is 14.3 Å². The Balaban J connectivity index is 1.85. The summed E-state index contributed by atoms with van der Waals surface area (Å²) in [6, 6.07) is 12.5. The molecule has 0 spiro atoms. The van der Waals surface area contributed by atoms with Gasteiger partial charge in [0.2, 0.25) is 0 Å². The zero-order chi connectivity index (χ0) is 20.3. The Morgan fingerprint density at radius 1 is 0.964 bits per heavy atom. The van der Waals surface area contributed by atoms with Crippen LogP contribution in [0.15, 0.2) is 42.5 Å². The van der Waals surface area contributed by atoms with E-state index in [0.717, 1.165) is 37.1 Å². The third-order valence-corrected chi connectivity index (χ3v) is 5.84. The van der Waals surface area contributed by atoms with Crippen molar-refractivity contribution in [3.63, 3.8) is 0 Å². The normalized spacial score (nSPS) is 15.3. The summed E-state index contributed by atoms with van der Waals surface area (Å²) in [5.74, 6) is -0.285. The minimum Gasteiger partial charge on any atom is -0.456 e. The van der Waals surface area contributed by atoms with Gasteiger partial charge < -0.3 is 10.1 Å². The average Bonchev–Trinajstić information content (AvgIpc) is 2.70. The first-order chi connectivity index (χ1) is 13.3. The van der Waals surface area contributed by atoms with E-state index in [0.29, 0.717) is 22.6 Å². The Morgan fingerprint density at radius 2 is 1.61 bits per heavy atom. The van der Waals surface area contributed by atoms with Crippen LogP contribution in [0.1, 0.15) is 64.1 Å². The number of carbonyl (C=O) groups excluding carboxylic acids is 2. The first-order valence-electron chi connectivity index (χ1n) is 9.94. The predicted molar refractivity (Wildman–Crippen MR) is 111 cm³/mol. The van der Waals surface area contributed by atoms with E-state index >= 15 is 0 Å². The molecule has 0 radical (unpaired) electrons. The highest BCUT2D eigenvalue weighted by atomic mass is 16.6. The number of hydrogen-bond donors (Lipinski definition) is 1. The molecule has 4 heteroatoms. The lowest BCUT2D eigenvalue weighted by molar-refractivity contribution is -0.0368. The smallest absolute Gasteiger partial charge is 0.339 e. The summed E-state index contributed by atoms with van der Waals surface area (Å²) >= 11 is 0. The maximum Gasteiger partial charge on any atom is 0.339 e. The summed E-state index contributed by atoms with van der Waals surface area (Å²) < 4.78 is 5.91. The molecule has 1 N–H and O–H groups in total. The molecule has 0 aromatic heterocycles. The van der Waals surface area contributed by atoms with Crippen LogP contribution in [0.25, 0.3) is 0 Å². The van der Waals surface area contributed by atoms with Gasteiger partial charge in [0.15, 0.2) is 5.78 Å². The van der Waals surface area contributed by atoms with Gasteiger partial charge in [-0.2, -0.15) is 0 Å². The van der Waals surface area contributed by atoms with Gasteiger partial charge in [-0.05, 0) is 76.9 Å². The highest BCUT2D eigenvalue weighted by Gasteiger charge is 2.35. The van der Waals surface area contributed by atoms with Crippen molar-refractivity contribution in [1.29, 1.82) is 0 Å². The Kier molecular flexibility index (Phi) is 5.99. The minimum absolute atomic E-state index is 0.157. The number of benzene rings is 2. The van der Waals surface area contributed by atoms with Crippen molar-refractivity contribution in [3.05, 3.63) is 70.3 Å². The molecule has 0 saturated carbocycles. The van der Waals surface area contributed by atoms with Crippen LogP contribution in [0.2, 0.25) is 0 Å². The average molecular weight is 380 g/mol. The van der Waals surface area contributed by atoms with E-state index in [-0.39, 0.29) is 5.78 Å². The second-order valence-electron chi connectivity index (χ2n) is 8.19. The van der Waals surface area contributed by atoms with E-state index in [2.05, 4.69) is 5.32 Å². The summed E-state index contributed by atoms with van der Waals surface area (Å²) in [4.78, 5) is 26.1. The minimum atomic E-state index is -0.574. The number of carbonyl (C=O) groups is 2. The number of piperidine rings is 1. The molecular formula is C24H29NO3. The van der Waals surface area contributed by atoms with Crippen molar-refractivity contribution in [3.8, 4) is 0 Å². The standard InChI is InChI=1S/C24H29NO3/c1-16-9-10-18(15-17(16)2)22(26)20-7-5-6-8-21(20)23(27)28-24(3,4)19-11-13-25-14-12-19/h5-10,15,19,25H,11-14H2,1-4H3. The van der Waals surface area contributed by atoms with E-state index in [1.165, 1.54) is 0 Å². The van der Waals surface area contributed by atoms with Gasteiger partial charge in [-0.15, -0.1) is 0 Å². The van der Waals surface area contributed by atoms with Crippen LogP contribution < -0.4 is 5.32 Å². The molecule has 28 heavy (non-hydrogen) atoms. The molecule has 0 bridgehead atoms. The SMILES string of the molecule is Cc1ccc(C(=O)c2ccccc2C(=O)OC(C)(C)C2CCNCC2)cc1C. The van der Waals surface area contributed by atoms with Gasteiger partial charge in [0.05, 0.1) is 5.56 Å². The number of esters is 1. The Morgan fingerprint density at radius 3 is 2.25 bits per heavy atom. The molecule has 4 nitrogen and oxygen atoms in total. The van der Waals surface area contributed by atoms with E-state index in [9.17, 15) is 9.59 Å². The molecule has 0 amide bonds. The van der Waals surface area contributed by atoms with Crippen molar-refractivity contribution >= 4 is 11.8 Å². The molecule has 0 aliphatic carbocycles. The maximum atomic E-state index is 13.1. The highest BCUT2D eigenvalue weighted by molar-refractivity contribution is 6.14. The van der Waals surface area contributed by atoms with Crippen LogP contribution in [0.4, 0.5) is 0 Å². The van der Waals surface area contributed by atoms with Crippen molar-refractivity contribution in [2.45, 2.75) is 46.1 Å². The number of nitrogens with one attached hydrogen (secondary N) is 1. The molecule has 1 aliphatic rings. The Hall–Kier alpha value is -2.46. The van der Waals surface area contributed by atoms with E-state index in [4.69, 9.17) is 4.74 Å². The molecule has 0 atom stereocenters. The Labute approximate surface area is 167 Å². The fourth-order valence-electron chi connectivity index (χ4n) is 3.79. The van der Waals surface area contributed by atoms with Crippen LogP contribution in [0, 0.1) is 19.8 Å². The second kappa shape index (κ2) is 8.27. The van der Waals surface area contributed by atoms with Crippen molar-refractivity contribution in [2.24, 2.45) is 5.92 Å². The Bertz CT molecular complexity index is 879. The van der Waals surface area contributed by atoms with Crippen molar-refractivity contribution in [1.82, 2.24) is 5.32 Å². The van der Waals surface area contributed by atoms with E-state index in [1.54, 1.807) is 24.3 Å². The molecular weight excluding hydrogens is 350 g/mol.